The first-order chi connectivity index (χ1) is 15.0. The predicted octanol–water partition coefficient (Wildman–Crippen LogP) is 4.81. The highest BCUT2D eigenvalue weighted by Gasteiger charge is 2.25. The number of nitrogens with zero attached hydrogens (tertiary/aromatic N) is 2. The Morgan fingerprint density at radius 1 is 1.10 bits per heavy atom. The molecule has 0 atom stereocenters. The lowest BCUT2D eigenvalue weighted by molar-refractivity contribution is -0.115. The minimum Gasteiger partial charge on any atom is -0.496 e. The van der Waals surface area contributed by atoms with Gasteiger partial charge in [0.1, 0.15) is 11.5 Å². The molecule has 2 aromatic carbocycles. The van der Waals surface area contributed by atoms with Gasteiger partial charge < -0.3 is 19.7 Å². The lowest BCUT2D eigenvalue weighted by Gasteiger charge is -2.22. The molecule has 2 aliphatic rings. The molecule has 2 heterocycles. The van der Waals surface area contributed by atoms with Crippen molar-refractivity contribution < 1.29 is 14.3 Å². The van der Waals surface area contributed by atoms with E-state index in [2.05, 4.69) is 28.2 Å². The molecule has 4 rings (SSSR count). The Balaban J connectivity index is 1.65. The Morgan fingerprint density at radius 2 is 1.84 bits per heavy atom. The van der Waals surface area contributed by atoms with E-state index in [1.54, 1.807) is 14.2 Å². The second-order valence-electron chi connectivity index (χ2n) is 7.66. The topological polar surface area (TPSA) is 63.2 Å². The van der Waals surface area contributed by atoms with Crippen LogP contribution in [-0.2, 0) is 4.79 Å². The number of aliphatic imine (C=N–C) groups is 1. The van der Waals surface area contributed by atoms with Gasteiger partial charge in [-0.1, -0.05) is 12.1 Å². The monoisotopic (exact) mass is 437 g/mol. The Hall–Kier alpha value is -2.93. The maximum atomic E-state index is 12.6. The molecule has 2 aromatic rings. The van der Waals surface area contributed by atoms with Crippen LogP contribution in [0.1, 0.15) is 29.5 Å². The zero-order valence-electron chi connectivity index (χ0n) is 18.3. The third kappa shape index (κ3) is 4.42. The number of aryl methyl sites for hydroxylation is 1. The number of benzene rings is 2. The third-order valence-electron chi connectivity index (χ3n) is 5.71. The predicted molar refractivity (Wildman–Crippen MR) is 128 cm³/mol. The Bertz CT molecular complexity index is 1070. The van der Waals surface area contributed by atoms with E-state index in [4.69, 9.17) is 9.47 Å². The number of anilines is 1. The molecule has 1 N–H and O–H groups in total. The summed E-state index contributed by atoms with van der Waals surface area (Å²) in [7, 11) is 3.32. The van der Waals surface area contributed by atoms with Crippen LogP contribution in [0.15, 0.2) is 40.2 Å². The first-order valence-electron chi connectivity index (χ1n) is 10.4. The van der Waals surface area contributed by atoms with Crippen LogP contribution in [0.5, 0.6) is 11.5 Å². The van der Waals surface area contributed by atoms with Crippen molar-refractivity contribution in [2.24, 2.45) is 4.99 Å². The normalized spacial score (nSPS) is 18.7. The summed E-state index contributed by atoms with van der Waals surface area (Å²) in [4.78, 5) is 20.1. The van der Waals surface area contributed by atoms with E-state index in [1.807, 2.05) is 37.3 Å². The largest absolute Gasteiger partial charge is 0.496 e. The number of hydrogen-bond donors (Lipinski definition) is 1. The van der Waals surface area contributed by atoms with Gasteiger partial charge in [-0.15, -0.1) is 0 Å². The van der Waals surface area contributed by atoms with Gasteiger partial charge in [-0.05, 0) is 67.8 Å². The number of carbonyl (C=O) groups excluding carboxylic acids is 1. The molecule has 2 aliphatic heterocycles. The number of rotatable bonds is 5. The van der Waals surface area contributed by atoms with Gasteiger partial charge in [-0.2, -0.15) is 0 Å². The number of hydrogen-bond acceptors (Lipinski definition) is 6. The van der Waals surface area contributed by atoms with Gasteiger partial charge in [-0.3, -0.25) is 4.79 Å². The van der Waals surface area contributed by atoms with Gasteiger partial charge in [-0.25, -0.2) is 4.99 Å². The maximum Gasteiger partial charge on any atom is 0.264 e. The summed E-state index contributed by atoms with van der Waals surface area (Å²) in [5.74, 6) is 1.32. The molecule has 6 nitrogen and oxygen atoms in total. The van der Waals surface area contributed by atoms with Crippen LogP contribution in [0.25, 0.3) is 6.08 Å². The van der Waals surface area contributed by atoms with Crippen molar-refractivity contribution in [3.63, 3.8) is 0 Å². The fourth-order valence-electron chi connectivity index (χ4n) is 3.81. The molecule has 0 radical (unpaired) electrons. The quantitative estimate of drug-likeness (QED) is 0.680. The molecule has 31 heavy (non-hydrogen) atoms. The van der Waals surface area contributed by atoms with Crippen LogP contribution in [0.4, 0.5) is 11.4 Å². The molecule has 0 unspecified atom stereocenters. The van der Waals surface area contributed by atoms with Gasteiger partial charge in [0.2, 0.25) is 0 Å². The van der Waals surface area contributed by atoms with Crippen LogP contribution < -0.4 is 19.7 Å². The summed E-state index contributed by atoms with van der Waals surface area (Å²) < 4.78 is 11.3. The molecule has 7 heteroatoms. The summed E-state index contributed by atoms with van der Waals surface area (Å²) in [6.45, 7) is 6.11. The molecular formula is C24H27N3O3S. The molecule has 0 aliphatic carbocycles. The van der Waals surface area contributed by atoms with E-state index in [9.17, 15) is 4.79 Å². The smallest absolute Gasteiger partial charge is 0.264 e. The fourth-order valence-corrected chi connectivity index (χ4v) is 4.64. The van der Waals surface area contributed by atoms with Crippen molar-refractivity contribution in [2.45, 2.75) is 26.7 Å². The minimum atomic E-state index is -0.168. The van der Waals surface area contributed by atoms with E-state index in [0.717, 1.165) is 41.3 Å². The van der Waals surface area contributed by atoms with Gasteiger partial charge >= 0.3 is 0 Å². The highest BCUT2D eigenvalue weighted by atomic mass is 32.2. The molecule has 0 spiro atoms. The average Bonchev–Trinajstić information content (AvgIpc) is 3.41. The lowest BCUT2D eigenvalue weighted by Crippen LogP contribution is -2.19. The fraction of sp³-hybridized carbons (Fsp3) is 0.333. The molecular weight excluding hydrogens is 410 g/mol. The maximum absolute atomic E-state index is 12.6. The van der Waals surface area contributed by atoms with Gasteiger partial charge in [0, 0.05) is 24.7 Å². The number of ether oxygens (including phenoxy) is 2. The van der Waals surface area contributed by atoms with Crippen LogP contribution in [-0.4, -0.2) is 38.4 Å². The van der Waals surface area contributed by atoms with Crippen LogP contribution >= 0.6 is 11.8 Å². The summed E-state index contributed by atoms with van der Waals surface area (Å²) >= 11 is 1.33. The van der Waals surface area contributed by atoms with E-state index in [0.29, 0.717) is 15.8 Å². The van der Waals surface area contributed by atoms with Crippen molar-refractivity contribution in [2.75, 3.05) is 32.2 Å². The number of thioether (sulfide) groups is 1. The Labute approximate surface area is 187 Å². The van der Waals surface area contributed by atoms with E-state index in [-0.39, 0.29) is 5.91 Å². The minimum absolute atomic E-state index is 0.168. The van der Waals surface area contributed by atoms with Crippen molar-refractivity contribution in [3.05, 3.63) is 51.9 Å². The number of methoxy groups -OCH3 is 2. The second kappa shape index (κ2) is 9.06. The third-order valence-corrected chi connectivity index (χ3v) is 6.62. The first-order valence-corrected chi connectivity index (χ1v) is 11.2. The van der Waals surface area contributed by atoms with Crippen molar-refractivity contribution in [3.8, 4) is 11.5 Å². The summed E-state index contributed by atoms with van der Waals surface area (Å²) in [5.41, 5.74) is 4.96. The summed E-state index contributed by atoms with van der Waals surface area (Å²) in [5, 5.41) is 3.44. The van der Waals surface area contributed by atoms with Gasteiger partial charge in [0.25, 0.3) is 5.91 Å². The molecule has 0 aromatic heterocycles. The molecule has 1 amide bonds. The SMILES string of the molecule is COc1cc(N2CCCC2)c(OC)cc1/C=C1\SC(=Nc2cccc(C)c2C)NC1=O. The molecule has 2 fully saturated rings. The van der Waals surface area contributed by atoms with Crippen LogP contribution in [0.2, 0.25) is 0 Å². The zero-order valence-corrected chi connectivity index (χ0v) is 19.1. The highest BCUT2D eigenvalue weighted by Crippen LogP contribution is 2.39. The number of carbonyl (C=O) groups is 1. The van der Waals surface area contributed by atoms with Gasteiger partial charge in [0.15, 0.2) is 5.17 Å². The van der Waals surface area contributed by atoms with E-state index in [1.165, 1.54) is 30.2 Å². The van der Waals surface area contributed by atoms with Crippen LogP contribution in [0.3, 0.4) is 0 Å². The molecule has 0 bridgehead atoms. The number of amidine groups is 1. The zero-order chi connectivity index (χ0) is 22.0. The highest BCUT2D eigenvalue weighted by molar-refractivity contribution is 8.18. The molecule has 162 valence electrons. The summed E-state index contributed by atoms with van der Waals surface area (Å²) in [6, 6.07) is 9.91. The van der Waals surface area contributed by atoms with Crippen molar-refractivity contribution in [1.29, 1.82) is 0 Å². The lowest BCUT2D eigenvalue weighted by atomic mass is 10.1. The van der Waals surface area contributed by atoms with E-state index >= 15 is 0 Å². The van der Waals surface area contributed by atoms with Gasteiger partial charge in [0.05, 0.1) is 30.5 Å². The Morgan fingerprint density at radius 3 is 2.55 bits per heavy atom. The van der Waals surface area contributed by atoms with E-state index < -0.39 is 0 Å². The molecule has 0 saturated carbocycles. The first kappa shape index (κ1) is 21.3. The molecule has 2 saturated heterocycles. The average molecular weight is 438 g/mol. The number of amides is 1. The summed E-state index contributed by atoms with van der Waals surface area (Å²) in [6.07, 6.45) is 4.19. The van der Waals surface area contributed by atoms with Crippen molar-refractivity contribution in [1.82, 2.24) is 5.32 Å². The Kier molecular flexibility index (Phi) is 6.23. The van der Waals surface area contributed by atoms with Crippen molar-refractivity contribution >= 4 is 40.3 Å². The van der Waals surface area contributed by atoms with Crippen LogP contribution in [0, 0.1) is 13.8 Å². The second-order valence-corrected chi connectivity index (χ2v) is 8.69. The number of nitrogens with one attached hydrogen (secondary N) is 1. The standard InChI is InChI=1S/C24H27N3O3S/c1-15-8-7-9-18(16(15)2)25-24-26-23(28)22(31-24)13-17-12-21(30-4)19(14-20(17)29-3)27-10-5-6-11-27/h7-9,12-14H,5-6,10-11H2,1-4H3,(H,25,26,28)/b22-13-.